The number of aromatic nitrogens is 2. The van der Waals surface area contributed by atoms with E-state index in [2.05, 4.69) is 23.5 Å². The molecule has 2 heterocycles. The molecule has 0 saturated heterocycles. The van der Waals surface area contributed by atoms with Gasteiger partial charge in [0.25, 0.3) is 0 Å². The molecule has 0 radical (unpaired) electrons. The van der Waals surface area contributed by atoms with E-state index in [1.54, 1.807) is 11.3 Å². The van der Waals surface area contributed by atoms with Crippen molar-refractivity contribution in [2.45, 2.75) is 12.3 Å². The highest BCUT2D eigenvalue weighted by molar-refractivity contribution is 7.10. The topological polar surface area (TPSA) is 17.8 Å². The Morgan fingerprint density at radius 3 is 2.68 bits per heavy atom. The van der Waals surface area contributed by atoms with Crippen molar-refractivity contribution >= 4 is 22.9 Å². The molecule has 19 heavy (non-hydrogen) atoms. The van der Waals surface area contributed by atoms with Crippen LogP contribution < -0.4 is 0 Å². The zero-order valence-corrected chi connectivity index (χ0v) is 12.0. The normalized spacial score (nSPS) is 12.5. The molecule has 0 bridgehead atoms. The Hall–Kier alpha value is -1.58. The quantitative estimate of drug-likeness (QED) is 0.646. The van der Waals surface area contributed by atoms with Crippen LogP contribution in [0.1, 0.15) is 21.4 Å². The van der Waals surface area contributed by atoms with Gasteiger partial charge in [-0.2, -0.15) is 5.10 Å². The summed E-state index contributed by atoms with van der Waals surface area (Å²) in [7, 11) is 0. The van der Waals surface area contributed by atoms with E-state index in [1.165, 1.54) is 10.4 Å². The van der Waals surface area contributed by atoms with Crippen LogP contribution in [0.2, 0.25) is 0 Å². The summed E-state index contributed by atoms with van der Waals surface area (Å²) in [4.78, 5) is 1.19. The van der Waals surface area contributed by atoms with Gasteiger partial charge in [-0.15, -0.1) is 22.9 Å². The molecule has 2 aromatic heterocycles. The molecular formula is C15H13ClN2S. The maximum Gasteiger partial charge on any atom is 0.0960 e. The van der Waals surface area contributed by atoms with Crippen molar-refractivity contribution in [3.05, 3.63) is 70.2 Å². The lowest BCUT2D eigenvalue weighted by Gasteiger charge is -2.05. The van der Waals surface area contributed by atoms with Gasteiger partial charge in [-0.05, 0) is 36.1 Å². The van der Waals surface area contributed by atoms with Gasteiger partial charge in [-0.1, -0.05) is 18.2 Å². The number of hydrogen-bond donors (Lipinski definition) is 0. The minimum absolute atomic E-state index is 0.127. The zero-order valence-electron chi connectivity index (χ0n) is 10.5. The van der Waals surface area contributed by atoms with Crippen molar-refractivity contribution in [3.63, 3.8) is 0 Å². The number of alkyl halides is 1. The molecule has 0 aliphatic carbocycles. The Balaban J connectivity index is 1.92. The van der Waals surface area contributed by atoms with Crippen LogP contribution in [0.4, 0.5) is 0 Å². The zero-order chi connectivity index (χ0) is 13.2. The lowest BCUT2D eigenvalue weighted by atomic mass is 10.1. The largest absolute Gasteiger partial charge is 0.241 e. The van der Waals surface area contributed by atoms with Crippen molar-refractivity contribution < 1.29 is 0 Å². The molecular weight excluding hydrogens is 276 g/mol. The summed E-state index contributed by atoms with van der Waals surface area (Å²) in [6, 6.07) is 12.1. The van der Waals surface area contributed by atoms with E-state index in [-0.39, 0.29) is 5.38 Å². The fourth-order valence-corrected chi connectivity index (χ4v) is 3.35. The Morgan fingerprint density at radius 2 is 2.00 bits per heavy atom. The van der Waals surface area contributed by atoms with Crippen LogP contribution in [0.5, 0.6) is 0 Å². The first-order valence-corrected chi connectivity index (χ1v) is 7.35. The van der Waals surface area contributed by atoms with E-state index >= 15 is 0 Å². The Kier molecular flexibility index (Phi) is 3.40. The van der Waals surface area contributed by atoms with Crippen LogP contribution >= 0.6 is 22.9 Å². The van der Waals surface area contributed by atoms with Crippen LogP contribution in [0.15, 0.2) is 54.2 Å². The molecule has 0 fully saturated rings. The van der Waals surface area contributed by atoms with Crippen molar-refractivity contribution in [1.82, 2.24) is 9.78 Å². The number of hydrogen-bond acceptors (Lipinski definition) is 2. The molecule has 0 amide bonds. The third kappa shape index (κ3) is 2.44. The first-order valence-electron chi connectivity index (χ1n) is 6.04. The maximum atomic E-state index is 6.54. The molecule has 1 unspecified atom stereocenters. The number of thiophene rings is 1. The molecule has 96 valence electrons. The van der Waals surface area contributed by atoms with Gasteiger partial charge in [0.1, 0.15) is 0 Å². The fraction of sp³-hybridized carbons (Fsp3) is 0.133. The van der Waals surface area contributed by atoms with E-state index in [0.717, 1.165) is 11.3 Å². The molecule has 0 spiro atoms. The number of halogens is 1. The van der Waals surface area contributed by atoms with Gasteiger partial charge in [0.2, 0.25) is 0 Å². The third-order valence-electron chi connectivity index (χ3n) is 3.05. The molecule has 0 aliphatic heterocycles. The highest BCUT2D eigenvalue weighted by Crippen LogP contribution is 2.34. The van der Waals surface area contributed by atoms with Gasteiger partial charge in [0, 0.05) is 16.6 Å². The standard InChI is InChI=1S/C15H13ClN2S/c1-11-7-8-19-15(11)14(16)12-9-17-18(10-12)13-5-3-2-4-6-13/h2-10,14H,1H3. The number of para-hydroxylation sites is 1. The summed E-state index contributed by atoms with van der Waals surface area (Å²) < 4.78 is 1.85. The Morgan fingerprint density at radius 1 is 1.21 bits per heavy atom. The highest BCUT2D eigenvalue weighted by Gasteiger charge is 2.16. The van der Waals surface area contributed by atoms with E-state index in [0.29, 0.717) is 0 Å². The molecule has 1 atom stereocenters. The van der Waals surface area contributed by atoms with Crippen molar-refractivity contribution in [2.24, 2.45) is 0 Å². The summed E-state index contributed by atoms with van der Waals surface area (Å²) >= 11 is 8.22. The van der Waals surface area contributed by atoms with E-state index in [4.69, 9.17) is 11.6 Å². The van der Waals surface area contributed by atoms with Gasteiger partial charge in [0.15, 0.2) is 0 Å². The molecule has 0 aliphatic rings. The van der Waals surface area contributed by atoms with E-state index in [1.807, 2.05) is 47.4 Å². The second kappa shape index (κ2) is 5.19. The minimum atomic E-state index is -0.127. The van der Waals surface area contributed by atoms with Gasteiger partial charge in [-0.25, -0.2) is 4.68 Å². The number of rotatable bonds is 3. The van der Waals surface area contributed by atoms with Crippen molar-refractivity contribution in [1.29, 1.82) is 0 Å². The SMILES string of the molecule is Cc1ccsc1C(Cl)c1cnn(-c2ccccc2)c1. The molecule has 2 nitrogen and oxygen atoms in total. The predicted octanol–water partition coefficient (Wildman–Crippen LogP) is 4.57. The van der Waals surface area contributed by atoms with Gasteiger partial charge in [-0.3, -0.25) is 0 Å². The predicted molar refractivity (Wildman–Crippen MR) is 80.3 cm³/mol. The van der Waals surface area contributed by atoms with Gasteiger partial charge >= 0.3 is 0 Å². The van der Waals surface area contributed by atoms with Crippen LogP contribution in [0.25, 0.3) is 5.69 Å². The van der Waals surface area contributed by atoms with Crippen molar-refractivity contribution in [3.8, 4) is 5.69 Å². The molecule has 4 heteroatoms. The van der Waals surface area contributed by atoms with Crippen LogP contribution in [0, 0.1) is 6.92 Å². The third-order valence-corrected chi connectivity index (χ3v) is 4.73. The monoisotopic (exact) mass is 288 g/mol. The summed E-state index contributed by atoms with van der Waals surface area (Å²) in [5, 5.41) is 6.33. The van der Waals surface area contributed by atoms with Crippen LogP contribution in [0.3, 0.4) is 0 Å². The summed E-state index contributed by atoms with van der Waals surface area (Å²) in [5.41, 5.74) is 3.30. The number of benzene rings is 1. The van der Waals surface area contributed by atoms with E-state index < -0.39 is 0 Å². The summed E-state index contributed by atoms with van der Waals surface area (Å²) in [6.07, 6.45) is 3.83. The number of nitrogens with zero attached hydrogens (tertiary/aromatic N) is 2. The maximum absolute atomic E-state index is 6.54. The average Bonchev–Trinajstić information content (AvgIpc) is 3.08. The molecule has 3 rings (SSSR count). The summed E-state index contributed by atoms with van der Waals surface area (Å²) in [5.74, 6) is 0. The lowest BCUT2D eigenvalue weighted by Crippen LogP contribution is -1.93. The second-order valence-corrected chi connectivity index (χ2v) is 5.77. The average molecular weight is 289 g/mol. The van der Waals surface area contributed by atoms with Crippen LogP contribution in [-0.4, -0.2) is 9.78 Å². The van der Waals surface area contributed by atoms with Gasteiger partial charge < -0.3 is 0 Å². The number of aryl methyl sites for hydroxylation is 1. The molecule has 0 N–H and O–H groups in total. The molecule has 3 aromatic rings. The highest BCUT2D eigenvalue weighted by atomic mass is 35.5. The summed E-state index contributed by atoms with van der Waals surface area (Å²) in [6.45, 7) is 2.09. The molecule has 1 aromatic carbocycles. The fourth-order valence-electron chi connectivity index (χ4n) is 1.99. The Bertz CT molecular complexity index is 672. The first-order chi connectivity index (χ1) is 9.25. The first kappa shape index (κ1) is 12.5. The van der Waals surface area contributed by atoms with E-state index in [9.17, 15) is 0 Å². The minimum Gasteiger partial charge on any atom is -0.241 e. The van der Waals surface area contributed by atoms with Crippen LogP contribution in [-0.2, 0) is 0 Å². The smallest absolute Gasteiger partial charge is 0.0960 e. The Labute approximate surface area is 121 Å². The lowest BCUT2D eigenvalue weighted by molar-refractivity contribution is 0.880. The molecule has 0 saturated carbocycles. The van der Waals surface area contributed by atoms with Crippen molar-refractivity contribution in [2.75, 3.05) is 0 Å². The van der Waals surface area contributed by atoms with Gasteiger partial charge in [0.05, 0.1) is 17.3 Å². The second-order valence-electron chi connectivity index (χ2n) is 4.38.